The fraction of sp³-hybridized carbons (Fsp3) is 0.615. The summed E-state index contributed by atoms with van der Waals surface area (Å²) in [6, 6.07) is 11.1. The number of ether oxygens (including phenoxy) is 4. The van der Waals surface area contributed by atoms with Crippen molar-refractivity contribution in [2.24, 2.45) is 11.8 Å². The molecular weight excluding hydrogens is 664 g/mol. The number of likely N-dealkylation sites (tertiary alicyclic amines) is 2. The summed E-state index contributed by atoms with van der Waals surface area (Å²) in [6.45, 7) is 20.7. The number of piperidine rings is 2. The molecule has 3 fully saturated rings. The molecule has 2 aromatic heterocycles. The molecule has 6 rings (SSSR count). The van der Waals surface area contributed by atoms with Crippen molar-refractivity contribution in [3.63, 3.8) is 0 Å². The van der Waals surface area contributed by atoms with Crippen LogP contribution in [0.3, 0.4) is 0 Å². The maximum absolute atomic E-state index is 14.2. The lowest BCUT2D eigenvalue weighted by Crippen LogP contribution is -2.56. The summed E-state index contributed by atoms with van der Waals surface area (Å²) in [5, 5.41) is 4.71. The Morgan fingerprint density at radius 1 is 0.942 bits per heavy atom. The molecule has 1 saturated carbocycles. The minimum Gasteiger partial charge on any atom is -0.472 e. The van der Waals surface area contributed by atoms with Gasteiger partial charge in [0.05, 0.1) is 18.8 Å². The molecule has 1 aromatic carbocycles. The summed E-state index contributed by atoms with van der Waals surface area (Å²) in [4.78, 5) is 50.5. The van der Waals surface area contributed by atoms with E-state index in [1.807, 2.05) is 85.7 Å². The van der Waals surface area contributed by atoms with Crippen LogP contribution in [0.5, 0.6) is 5.88 Å². The Labute approximate surface area is 306 Å². The molecule has 2 unspecified atom stereocenters. The first kappa shape index (κ1) is 37.2. The summed E-state index contributed by atoms with van der Waals surface area (Å²) in [5.41, 5.74) is 0.598. The van der Waals surface area contributed by atoms with E-state index in [0.29, 0.717) is 49.8 Å². The highest BCUT2D eigenvalue weighted by atomic mass is 16.6. The summed E-state index contributed by atoms with van der Waals surface area (Å²) in [6.07, 6.45) is 1.52. The predicted molar refractivity (Wildman–Crippen MR) is 195 cm³/mol. The van der Waals surface area contributed by atoms with Crippen LogP contribution in [0.15, 0.2) is 42.6 Å². The van der Waals surface area contributed by atoms with E-state index in [1.165, 1.54) is 0 Å². The van der Waals surface area contributed by atoms with Gasteiger partial charge in [0, 0.05) is 42.1 Å². The van der Waals surface area contributed by atoms with Gasteiger partial charge >= 0.3 is 18.3 Å². The molecule has 2 saturated heterocycles. The zero-order valence-corrected chi connectivity index (χ0v) is 32.2. The van der Waals surface area contributed by atoms with Crippen molar-refractivity contribution in [3.8, 4) is 5.88 Å². The number of hydrogen-bond acceptors (Lipinski definition) is 9. The molecule has 282 valence electrons. The molecule has 4 heterocycles. The highest BCUT2D eigenvalue weighted by Crippen LogP contribution is 2.51. The van der Waals surface area contributed by atoms with Crippen LogP contribution in [0.2, 0.25) is 0 Å². The third kappa shape index (κ3) is 8.08. The van der Waals surface area contributed by atoms with Gasteiger partial charge in [-0.2, -0.15) is 14.6 Å². The molecule has 0 spiro atoms. The van der Waals surface area contributed by atoms with Crippen molar-refractivity contribution >= 4 is 29.7 Å². The summed E-state index contributed by atoms with van der Waals surface area (Å²) < 4.78 is 25.7. The van der Waals surface area contributed by atoms with Crippen molar-refractivity contribution < 1.29 is 33.3 Å². The average Bonchev–Trinajstić information content (AvgIpc) is 3.35. The number of anilines is 1. The lowest BCUT2D eigenvalue weighted by atomic mass is 9.89. The second-order valence-corrected chi connectivity index (χ2v) is 17.2. The third-order valence-electron chi connectivity index (χ3n) is 9.92. The van der Waals surface area contributed by atoms with Crippen LogP contribution in [0, 0.1) is 11.8 Å². The molecule has 2 aliphatic heterocycles. The fourth-order valence-electron chi connectivity index (χ4n) is 7.19. The van der Waals surface area contributed by atoms with E-state index in [9.17, 15) is 14.4 Å². The van der Waals surface area contributed by atoms with Gasteiger partial charge in [0.25, 0.3) is 0 Å². The first-order valence-corrected chi connectivity index (χ1v) is 18.3. The molecule has 0 bridgehead atoms. The molecular formula is C39H54N6O7. The van der Waals surface area contributed by atoms with Gasteiger partial charge < -0.3 is 23.8 Å². The first-order chi connectivity index (χ1) is 24.3. The second-order valence-electron chi connectivity index (χ2n) is 17.2. The summed E-state index contributed by atoms with van der Waals surface area (Å²) in [7, 11) is 0. The third-order valence-corrected chi connectivity index (χ3v) is 9.92. The van der Waals surface area contributed by atoms with E-state index in [4.69, 9.17) is 29.0 Å². The Bertz CT molecular complexity index is 1780. The zero-order chi connectivity index (χ0) is 37.7. The molecule has 0 radical (unpaired) electrons. The largest absolute Gasteiger partial charge is 0.472 e. The Kier molecular flexibility index (Phi) is 9.86. The SMILES string of the molecule is CC(C)c1cnn2c(N(C(=O)OC(C)(C)C)C3C4CN(C(=O)OC(C)(C)C)CC43)cc(O[C@@H]3CCC(C)(C)N(C(=O)OCc4ccccc4)C3)nc12. The van der Waals surface area contributed by atoms with E-state index in [1.54, 1.807) is 31.5 Å². The number of benzene rings is 1. The van der Waals surface area contributed by atoms with Crippen molar-refractivity contribution in [1.29, 1.82) is 0 Å². The van der Waals surface area contributed by atoms with Gasteiger partial charge in [-0.15, -0.1) is 0 Å². The number of amides is 3. The lowest BCUT2D eigenvalue weighted by molar-refractivity contribution is -0.00192. The normalized spacial score (nSPS) is 22.6. The van der Waals surface area contributed by atoms with Gasteiger partial charge in [-0.25, -0.2) is 14.4 Å². The number of carbonyl (C=O) groups is 3. The Hall–Kier alpha value is -4.55. The number of carbonyl (C=O) groups excluding carboxylic acids is 3. The van der Waals surface area contributed by atoms with Crippen LogP contribution in [0.1, 0.15) is 99.1 Å². The van der Waals surface area contributed by atoms with E-state index >= 15 is 0 Å². The van der Waals surface area contributed by atoms with Gasteiger partial charge in [-0.3, -0.25) is 9.80 Å². The fourth-order valence-corrected chi connectivity index (χ4v) is 7.19. The predicted octanol–water partition coefficient (Wildman–Crippen LogP) is 7.42. The Morgan fingerprint density at radius 2 is 1.60 bits per heavy atom. The Balaban J connectivity index is 1.29. The number of hydrogen-bond donors (Lipinski definition) is 0. The zero-order valence-electron chi connectivity index (χ0n) is 32.2. The van der Waals surface area contributed by atoms with Crippen molar-refractivity contribution in [2.45, 2.75) is 123 Å². The number of fused-ring (bicyclic) bond motifs is 2. The monoisotopic (exact) mass is 718 g/mol. The number of rotatable bonds is 7. The second kappa shape index (κ2) is 13.8. The van der Waals surface area contributed by atoms with Crippen LogP contribution in [-0.4, -0.2) is 91.2 Å². The molecule has 3 aliphatic rings. The highest BCUT2D eigenvalue weighted by molar-refractivity contribution is 5.89. The Morgan fingerprint density at radius 3 is 2.21 bits per heavy atom. The molecule has 13 heteroatoms. The van der Waals surface area contributed by atoms with Crippen LogP contribution in [-0.2, 0) is 20.8 Å². The number of aromatic nitrogens is 3. The highest BCUT2D eigenvalue weighted by Gasteiger charge is 2.62. The van der Waals surface area contributed by atoms with Crippen LogP contribution in [0.25, 0.3) is 5.65 Å². The van der Waals surface area contributed by atoms with Gasteiger partial charge in [0.15, 0.2) is 5.65 Å². The maximum Gasteiger partial charge on any atom is 0.416 e. The molecule has 13 nitrogen and oxygen atoms in total. The molecule has 0 N–H and O–H groups in total. The van der Waals surface area contributed by atoms with E-state index < -0.39 is 28.9 Å². The maximum atomic E-state index is 14.2. The molecule has 3 amide bonds. The van der Waals surface area contributed by atoms with Crippen LogP contribution >= 0.6 is 0 Å². The van der Waals surface area contributed by atoms with Gasteiger partial charge in [-0.05, 0) is 79.7 Å². The molecule has 3 atom stereocenters. The standard InChI is InChI=1S/C39H54N6O7/c1-24(2)27-19-40-45-31(44(36(48)52-38(6,7)8)32-28-21-42(22-29(28)32)34(46)51-37(3,4)5)18-30(41-33(27)45)50-26-16-17-39(9,10)43(20-26)35(47)49-23-25-14-12-11-13-15-25/h11-15,18-19,24,26,28-29,32H,16-17,20-23H2,1-10H3/t26-,28?,29?,32?/m1/s1. The van der Waals surface area contributed by atoms with E-state index in [2.05, 4.69) is 13.8 Å². The van der Waals surface area contributed by atoms with Crippen molar-refractivity contribution in [3.05, 3.63) is 53.7 Å². The van der Waals surface area contributed by atoms with Gasteiger partial charge in [-0.1, -0.05) is 44.2 Å². The van der Waals surface area contributed by atoms with Crippen molar-refractivity contribution in [2.75, 3.05) is 24.5 Å². The number of nitrogens with zero attached hydrogens (tertiary/aromatic N) is 6. The topological polar surface area (TPSA) is 128 Å². The smallest absolute Gasteiger partial charge is 0.416 e. The van der Waals surface area contributed by atoms with Crippen molar-refractivity contribution in [1.82, 2.24) is 24.4 Å². The summed E-state index contributed by atoms with van der Waals surface area (Å²) in [5.74, 6) is 0.949. The van der Waals surface area contributed by atoms with E-state index in [-0.39, 0.29) is 42.6 Å². The summed E-state index contributed by atoms with van der Waals surface area (Å²) >= 11 is 0. The van der Waals surface area contributed by atoms with Crippen LogP contribution < -0.4 is 9.64 Å². The van der Waals surface area contributed by atoms with Gasteiger partial charge in [0.1, 0.15) is 29.7 Å². The average molecular weight is 719 g/mol. The minimum atomic E-state index is -0.756. The van der Waals surface area contributed by atoms with Gasteiger partial charge in [0.2, 0.25) is 5.88 Å². The quantitative estimate of drug-likeness (QED) is 0.229. The van der Waals surface area contributed by atoms with Crippen LogP contribution in [0.4, 0.5) is 20.2 Å². The lowest BCUT2D eigenvalue weighted by Gasteiger charge is -2.44. The van der Waals surface area contributed by atoms with E-state index in [0.717, 1.165) is 11.1 Å². The molecule has 52 heavy (non-hydrogen) atoms. The molecule has 1 aliphatic carbocycles. The minimum absolute atomic E-state index is 0.0313. The molecule has 3 aromatic rings. The first-order valence-electron chi connectivity index (χ1n) is 18.3.